The number of amides is 2. The number of benzene rings is 5. The van der Waals surface area contributed by atoms with E-state index in [0.717, 1.165) is 28.0 Å². The quantitative estimate of drug-likeness (QED) is 0.0950. The molecule has 3 saturated heterocycles. The van der Waals surface area contributed by atoms with E-state index in [1.807, 2.05) is 19.1 Å². The fraction of sp³-hybridized carbons (Fsp3) is 0.240. The molecule has 0 spiro atoms. The maximum Gasteiger partial charge on any atom is 0.297 e. The molecule has 5 aromatic carbocycles. The van der Waals surface area contributed by atoms with Crippen molar-refractivity contribution in [3.8, 4) is 0 Å². The first-order valence-corrected chi connectivity index (χ1v) is 31.7. The summed E-state index contributed by atoms with van der Waals surface area (Å²) in [5, 5.41) is 4.27. The number of hydrogen-bond acceptors (Lipinski definition) is 17. The second-order valence-electron chi connectivity index (χ2n) is 17.7. The number of aromatic nitrogens is 2. The Balaban J connectivity index is 0.000000191. The van der Waals surface area contributed by atoms with Gasteiger partial charge in [0.05, 0.1) is 44.9 Å². The lowest BCUT2D eigenvalue weighted by Gasteiger charge is -2.39. The minimum atomic E-state index is -4.68. The Morgan fingerprint density at radius 3 is 1.70 bits per heavy atom. The van der Waals surface area contributed by atoms with Crippen molar-refractivity contribution in [3.05, 3.63) is 165 Å². The average molecular weight is 1200 g/mol. The van der Waals surface area contributed by atoms with E-state index in [1.165, 1.54) is 94.7 Å². The van der Waals surface area contributed by atoms with E-state index in [9.17, 15) is 43.3 Å². The van der Waals surface area contributed by atoms with E-state index in [1.54, 1.807) is 59.7 Å². The third-order valence-corrected chi connectivity index (χ3v) is 21.7. The summed E-state index contributed by atoms with van der Waals surface area (Å²) in [6.07, 6.45) is 2.32. The number of hydrogen-bond donors (Lipinski definition) is 1. The molecule has 27 heteroatoms. The number of anilines is 4. The molecular formula is C50H47Cl2N7O12S6. The molecule has 0 radical (unpaired) electrons. The van der Waals surface area contributed by atoms with Crippen molar-refractivity contribution in [1.82, 2.24) is 14.9 Å². The Kier molecular flexibility index (Phi) is 16.6. The van der Waals surface area contributed by atoms with E-state index in [0.29, 0.717) is 63.0 Å². The Hall–Kier alpha value is -5.84. The van der Waals surface area contributed by atoms with Crippen molar-refractivity contribution in [3.63, 3.8) is 0 Å². The largest absolute Gasteiger partial charge is 0.378 e. The fourth-order valence-corrected chi connectivity index (χ4v) is 16.9. The van der Waals surface area contributed by atoms with Gasteiger partial charge in [0.25, 0.3) is 46.1 Å². The molecule has 3 fully saturated rings. The van der Waals surface area contributed by atoms with Gasteiger partial charge in [-0.15, -0.1) is 26.4 Å². The van der Waals surface area contributed by atoms with E-state index in [2.05, 4.69) is 19.6 Å². The van der Waals surface area contributed by atoms with Gasteiger partial charge in [-0.05, 0) is 117 Å². The van der Waals surface area contributed by atoms with Crippen LogP contribution < -0.4 is 18.2 Å². The number of nitrogens with one attached hydrogen (secondary N) is 1. The van der Waals surface area contributed by atoms with Crippen molar-refractivity contribution in [2.45, 2.75) is 64.5 Å². The van der Waals surface area contributed by atoms with Crippen LogP contribution >= 0.6 is 45.9 Å². The van der Waals surface area contributed by atoms with Gasteiger partial charge in [0.2, 0.25) is 11.0 Å². The second kappa shape index (κ2) is 22.9. The summed E-state index contributed by atoms with van der Waals surface area (Å²) in [5.41, 5.74) is 3.52. The van der Waals surface area contributed by atoms with Crippen LogP contribution in [0.3, 0.4) is 0 Å². The average Bonchev–Trinajstić information content (AvgIpc) is 4.26. The Labute approximate surface area is 463 Å². The maximum absolute atomic E-state index is 13.7. The van der Waals surface area contributed by atoms with Crippen LogP contribution in [0.1, 0.15) is 35.6 Å². The standard InChI is InChI=1S/C27H25N3O8S4.C23H22Cl2N4O4S2/c1-19-3-9-22(10-4-19)40(32,33)30(27-28-16-18-39-27)41(34,35)23-13-7-21(8-14-23)29-17-15-25(26(29)31)38-42(36,37)24-11-5-20(2)6-12-24;24-16-11-15(12-17(25)13-16)21-14-33-9-8-29(21)20-5-7-28(22(20)30)18-1-3-19(4-2-18)35(31,32)27-23-26-6-10-34-23/h3-14,16,18,25H,15,17H2,1-2H3;1-4,6,10-13,20-21H,5,7-9,14H2,(H,26,27)/t25-;20-,21?/m10/s1. The first-order chi connectivity index (χ1) is 36.6. The van der Waals surface area contributed by atoms with Crippen molar-refractivity contribution >= 4 is 120 Å². The minimum absolute atomic E-state index is 0.0263. The lowest BCUT2D eigenvalue weighted by molar-refractivity contribution is -0.125. The highest BCUT2D eigenvalue weighted by Gasteiger charge is 2.43. The summed E-state index contributed by atoms with van der Waals surface area (Å²) in [6, 6.07) is 28.1. The number of nitrogens with zero attached hydrogens (tertiary/aromatic N) is 6. The van der Waals surface area contributed by atoms with Gasteiger partial charge >= 0.3 is 0 Å². The zero-order chi connectivity index (χ0) is 54.9. The summed E-state index contributed by atoms with van der Waals surface area (Å²) in [5.74, 6) is -0.630. The molecule has 0 aliphatic carbocycles. The van der Waals surface area contributed by atoms with Crippen LogP contribution in [0.5, 0.6) is 0 Å². The van der Waals surface area contributed by atoms with Crippen molar-refractivity contribution < 1.29 is 52.2 Å². The molecule has 7 aromatic rings. The van der Waals surface area contributed by atoms with Crippen molar-refractivity contribution in [1.29, 1.82) is 0 Å². The van der Waals surface area contributed by atoms with Gasteiger partial charge in [0, 0.05) is 70.6 Å². The van der Waals surface area contributed by atoms with Gasteiger partial charge in [-0.25, -0.2) is 18.4 Å². The van der Waals surface area contributed by atoms with Crippen LogP contribution in [0.25, 0.3) is 0 Å². The van der Waals surface area contributed by atoms with Crippen molar-refractivity contribution in [2.75, 3.05) is 51.1 Å². The summed E-state index contributed by atoms with van der Waals surface area (Å²) >= 11 is 14.5. The van der Waals surface area contributed by atoms with Crippen LogP contribution in [-0.4, -0.2) is 105 Å². The SMILES string of the molecule is Cc1ccc(S(=O)(=O)O[C@@H]2CCN(c3ccc(S(=O)(=O)N(c4nccs4)S(=O)(=O)c4ccc(C)cc4)cc3)C2=O)cc1.O=C1[C@@H](N2CCOCC2c2cc(Cl)cc(Cl)c2)CCN1c1ccc(S(=O)(=O)Nc2nccs2)cc1. The molecule has 3 aliphatic heterocycles. The highest BCUT2D eigenvalue weighted by molar-refractivity contribution is 8.10. The van der Waals surface area contributed by atoms with Gasteiger partial charge in [0.1, 0.15) is 0 Å². The molecule has 19 nitrogen and oxygen atoms in total. The van der Waals surface area contributed by atoms with E-state index < -0.39 is 52.2 Å². The topological polar surface area (TPSA) is 240 Å². The van der Waals surface area contributed by atoms with Gasteiger partial charge in [-0.3, -0.25) is 23.4 Å². The van der Waals surface area contributed by atoms with Crippen LogP contribution in [0.2, 0.25) is 10.0 Å². The monoisotopic (exact) mass is 1200 g/mol. The highest BCUT2D eigenvalue weighted by Crippen LogP contribution is 2.37. The van der Waals surface area contributed by atoms with Crippen molar-refractivity contribution in [2.24, 2.45) is 0 Å². The van der Waals surface area contributed by atoms with Crippen LogP contribution in [0, 0.1) is 13.8 Å². The Morgan fingerprint density at radius 2 is 1.14 bits per heavy atom. The predicted octanol–water partition coefficient (Wildman–Crippen LogP) is 8.28. The number of rotatable bonds is 15. The molecule has 1 N–H and O–H groups in total. The number of ether oxygens (including phenoxy) is 1. The molecule has 3 aliphatic rings. The lowest BCUT2D eigenvalue weighted by Crippen LogP contribution is -2.49. The fourth-order valence-electron chi connectivity index (χ4n) is 8.78. The first-order valence-electron chi connectivity index (χ1n) is 23.4. The van der Waals surface area contributed by atoms with Crippen LogP contribution in [0.15, 0.2) is 158 Å². The molecule has 3 atom stereocenters. The molecule has 2 aromatic heterocycles. The number of aryl methyl sites for hydroxylation is 2. The number of halogens is 2. The molecule has 2 amide bonds. The summed E-state index contributed by atoms with van der Waals surface area (Å²) in [7, 11) is -17.2. The van der Waals surface area contributed by atoms with E-state index in [-0.39, 0.29) is 55.7 Å². The number of carbonyl (C=O) groups is 2. The molecule has 10 rings (SSSR count). The summed E-state index contributed by atoms with van der Waals surface area (Å²) in [4.78, 5) is 39.0. The lowest BCUT2D eigenvalue weighted by atomic mass is 10.0. The van der Waals surface area contributed by atoms with Gasteiger partial charge < -0.3 is 14.5 Å². The third kappa shape index (κ3) is 12.2. The maximum atomic E-state index is 13.7. The molecule has 0 bridgehead atoms. The van der Waals surface area contributed by atoms with Crippen LogP contribution in [-0.2, 0) is 58.7 Å². The van der Waals surface area contributed by atoms with E-state index in [4.69, 9.17) is 32.1 Å². The first kappa shape index (κ1) is 55.9. The normalized spacial score (nSPS) is 18.5. The molecular weight excluding hydrogens is 1150 g/mol. The molecule has 1 unspecified atom stereocenters. The molecule has 5 heterocycles. The van der Waals surface area contributed by atoms with E-state index >= 15 is 0 Å². The molecule has 77 heavy (non-hydrogen) atoms. The Bertz CT molecular complexity index is 3710. The summed E-state index contributed by atoms with van der Waals surface area (Å²) < 4.78 is 119. The Morgan fingerprint density at radius 1 is 0.623 bits per heavy atom. The predicted molar refractivity (Wildman–Crippen MR) is 294 cm³/mol. The number of sulfonamides is 3. The zero-order valence-electron chi connectivity index (χ0n) is 40.7. The third-order valence-electron chi connectivity index (χ3n) is 12.6. The second-order valence-corrected chi connectivity index (χ2v) is 27.4. The molecule has 0 saturated carbocycles. The van der Waals surface area contributed by atoms with Gasteiger partial charge in [0.15, 0.2) is 11.2 Å². The van der Waals surface area contributed by atoms with Crippen LogP contribution in [0.4, 0.5) is 21.6 Å². The van der Waals surface area contributed by atoms with Gasteiger partial charge in [-0.2, -0.15) is 25.3 Å². The van der Waals surface area contributed by atoms with Gasteiger partial charge in [-0.1, -0.05) is 58.6 Å². The number of morpholine rings is 1. The highest BCUT2D eigenvalue weighted by atomic mass is 35.5. The molecule has 404 valence electrons. The summed E-state index contributed by atoms with van der Waals surface area (Å²) in [6.45, 7) is 5.84. The smallest absolute Gasteiger partial charge is 0.297 e. The minimum Gasteiger partial charge on any atom is -0.378 e. The number of carbonyl (C=O) groups excluding carboxylic acids is 2. The zero-order valence-corrected chi connectivity index (χ0v) is 47.2. The number of thiazole rings is 2.